The van der Waals surface area contributed by atoms with Crippen LogP contribution in [0.1, 0.15) is 49.8 Å². The number of hydrogen-bond donors (Lipinski definition) is 0. The number of rotatable bonds is 6. The van der Waals surface area contributed by atoms with E-state index in [1.807, 2.05) is 0 Å². The molecular weight excluding hydrogens is 522 g/mol. The first-order valence-corrected chi connectivity index (χ1v) is 12.9. The molecule has 1 aromatic carbocycles. The number of amides is 1. The highest BCUT2D eigenvalue weighted by molar-refractivity contribution is 7.81. The van der Waals surface area contributed by atoms with Crippen LogP contribution in [0.2, 0.25) is 0 Å². The standard InChI is InChI=1S/C26H25F4N5O2S/c27-20-14-17(5-6-22(20)37-12-11-33-9-2-1-3-10-33)35-24(38)34(23(36)25(35)7-4-8-25)18-13-19(26(28,29)30)21(15-31)32-16-18/h5-6,13-14,16H,1-4,7-12H2. The van der Waals surface area contributed by atoms with E-state index in [1.54, 1.807) is 6.07 Å². The molecule has 5 rings (SSSR count). The zero-order valence-corrected chi connectivity index (χ0v) is 21.2. The van der Waals surface area contributed by atoms with Crippen molar-refractivity contribution in [3.63, 3.8) is 0 Å². The lowest BCUT2D eigenvalue weighted by atomic mass is 9.75. The summed E-state index contributed by atoms with van der Waals surface area (Å²) < 4.78 is 61.4. The molecule has 2 aliphatic heterocycles. The number of ether oxygens (including phenoxy) is 1. The van der Waals surface area contributed by atoms with Crippen LogP contribution in [0.25, 0.3) is 0 Å². The number of anilines is 2. The van der Waals surface area contributed by atoms with Crippen LogP contribution < -0.4 is 14.5 Å². The van der Waals surface area contributed by atoms with Crippen LogP contribution in [0.15, 0.2) is 30.5 Å². The number of aromatic nitrogens is 1. The smallest absolute Gasteiger partial charge is 0.419 e. The number of benzene rings is 1. The molecule has 3 aliphatic rings. The predicted molar refractivity (Wildman–Crippen MR) is 135 cm³/mol. The Hall–Kier alpha value is -3.30. The first-order valence-electron chi connectivity index (χ1n) is 12.5. The minimum Gasteiger partial charge on any atom is -0.489 e. The van der Waals surface area contributed by atoms with Crippen molar-refractivity contribution in [3.05, 3.63) is 47.5 Å². The highest BCUT2D eigenvalue weighted by atomic mass is 32.1. The van der Waals surface area contributed by atoms with Crippen molar-refractivity contribution in [1.82, 2.24) is 9.88 Å². The quantitative estimate of drug-likeness (QED) is 0.371. The molecule has 1 aliphatic carbocycles. The van der Waals surface area contributed by atoms with Gasteiger partial charge in [-0.2, -0.15) is 18.4 Å². The van der Waals surface area contributed by atoms with Gasteiger partial charge in [-0.25, -0.2) is 9.37 Å². The fourth-order valence-electron chi connectivity index (χ4n) is 5.30. The van der Waals surface area contributed by atoms with Crippen molar-refractivity contribution in [2.75, 3.05) is 36.0 Å². The van der Waals surface area contributed by atoms with Gasteiger partial charge < -0.3 is 9.64 Å². The topological polar surface area (TPSA) is 72.7 Å². The summed E-state index contributed by atoms with van der Waals surface area (Å²) in [6.45, 7) is 3.04. The summed E-state index contributed by atoms with van der Waals surface area (Å²) in [5.74, 6) is -1.05. The molecule has 3 fully saturated rings. The van der Waals surface area contributed by atoms with E-state index in [1.165, 1.54) is 29.5 Å². The number of thiocarbonyl (C=S) groups is 1. The van der Waals surface area contributed by atoms with Crippen LogP contribution in [-0.2, 0) is 11.0 Å². The molecule has 1 amide bonds. The summed E-state index contributed by atoms with van der Waals surface area (Å²) >= 11 is 5.57. The molecule has 0 bridgehead atoms. The number of hydrogen-bond acceptors (Lipinski definition) is 6. The summed E-state index contributed by atoms with van der Waals surface area (Å²) in [5, 5.41) is 8.98. The monoisotopic (exact) mass is 547 g/mol. The van der Waals surface area contributed by atoms with E-state index >= 15 is 4.39 Å². The molecule has 2 saturated heterocycles. The second-order valence-electron chi connectivity index (χ2n) is 9.71. The third-order valence-corrected chi connectivity index (χ3v) is 7.79. The van der Waals surface area contributed by atoms with Crippen molar-refractivity contribution >= 4 is 34.6 Å². The molecule has 0 unspecified atom stereocenters. The number of likely N-dealkylation sites (tertiary alicyclic amines) is 1. The van der Waals surface area contributed by atoms with Gasteiger partial charge in [-0.15, -0.1) is 0 Å². The van der Waals surface area contributed by atoms with Crippen molar-refractivity contribution < 1.29 is 27.1 Å². The Balaban J connectivity index is 1.40. The van der Waals surface area contributed by atoms with Gasteiger partial charge in [0.05, 0.1) is 17.4 Å². The molecule has 38 heavy (non-hydrogen) atoms. The summed E-state index contributed by atoms with van der Waals surface area (Å²) in [4.78, 5) is 22.0. The van der Waals surface area contributed by atoms with Gasteiger partial charge >= 0.3 is 6.18 Å². The van der Waals surface area contributed by atoms with E-state index in [0.717, 1.165) is 37.0 Å². The maximum Gasteiger partial charge on any atom is 0.419 e. The molecule has 1 saturated carbocycles. The normalized spacial score (nSPS) is 19.6. The summed E-state index contributed by atoms with van der Waals surface area (Å²) in [6.07, 6.45) is 1.21. The third kappa shape index (κ3) is 4.58. The predicted octanol–water partition coefficient (Wildman–Crippen LogP) is 5.04. The number of nitriles is 1. The van der Waals surface area contributed by atoms with Crippen molar-refractivity contribution in [2.45, 2.75) is 50.2 Å². The van der Waals surface area contributed by atoms with Gasteiger partial charge in [0.1, 0.15) is 18.2 Å². The lowest BCUT2D eigenvalue weighted by Crippen LogP contribution is -2.55. The van der Waals surface area contributed by atoms with Crippen LogP contribution in [0.3, 0.4) is 0 Å². The lowest BCUT2D eigenvalue weighted by molar-refractivity contribution is -0.138. The summed E-state index contributed by atoms with van der Waals surface area (Å²) in [6, 6.07) is 6.44. The fraction of sp³-hybridized carbons (Fsp3) is 0.462. The average Bonchev–Trinajstić information content (AvgIpc) is 3.11. The van der Waals surface area contributed by atoms with Crippen LogP contribution in [-0.4, -0.2) is 52.7 Å². The maximum atomic E-state index is 15.1. The Morgan fingerprint density at radius 3 is 2.45 bits per heavy atom. The zero-order valence-electron chi connectivity index (χ0n) is 20.4. The van der Waals surface area contributed by atoms with Crippen LogP contribution in [0.4, 0.5) is 28.9 Å². The second kappa shape index (κ2) is 10.1. The molecule has 0 N–H and O–H groups in total. The molecule has 1 spiro atoms. The Labute approximate surface area is 222 Å². The molecular formula is C26H25F4N5O2S. The number of halogens is 4. The summed E-state index contributed by atoms with van der Waals surface area (Å²) in [5.41, 5.74) is -3.06. The van der Waals surface area contributed by atoms with E-state index in [2.05, 4.69) is 9.88 Å². The van der Waals surface area contributed by atoms with Gasteiger partial charge in [0, 0.05) is 18.3 Å². The third-order valence-electron chi connectivity index (χ3n) is 7.42. The molecule has 200 valence electrons. The van der Waals surface area contributed by atoms with Gasteiger partial charge in [-0.3, -0.25) is 14.6 Å². The molecule has 7 nitrogen and oxygen atoms in total. The van der Waals surface area contributed by atoms with Gasteiger partial charge in [0.25, 0.3) is 5.91 Å². The molecule has 0 radical (unpaired) electrons. The lowest BCUT2D eigenvalue weighted by Gasteiger charge is -2.43. The second-order valence-corrected chi connectivity index (χ2v) is 10.1. The van der Waals surface area contributed by atoms with Crippen LogP contribution in [0.5, 0.6) is 5.75 Å². The van der Waals surface area contributed by atoms with E-state index in [-0.39, 0.29) is 16.5 Å². The number of carbonyl (C=O) groups is 1. The minimum absolute atomic E-state index is 0.0764. The molecule has 2 aromatic rings. The highest BCUT2D eigenvalue weighted by Crippen LogP contribution is 2.48. The van der Waals surface area contributed by atoms with E-state index in [9.17, 15) is 18.0 Å². The number of pyridine rings is 1. The van der Waals surface area contributed by atoms with Crippen molar-refractivity contribution in [1.29, 1.82) is 5.26 Å². The fourth-order valence-corrected chi connectivity index (χ4v) is 5.77. The Bertz CT molecular complexity index is 1300. The highest BCUT2D eigenvalue weighted by Gasteiger charge is 2.59. The first-order chi connectivity index (χ1) is 18.2. The number of alkyl halides is 3. The molecule has 12 heteroatoms. The molecule has 0 atom stereocenters. The van der Waals surface area contributed by atoms with Crippen molar-refractivity contribution in [3.8, 4) is 11.8 Å². The Kier molecular flexibility index (Phi) is 7.00. The number of piperidine rings is 1. The van der Waals surface area contributed by atoms with Gasteiger partial charge in [0.15, 0.2) is 22.4 Å². The van der Waals surface area contributed by atoms with Gasteiger partial charge in [-0.1, -0.05) is 6.42 Å². The molecule has 1 aromatic heterocycles. The Morgan fingerprint density at radius 1 is 1.11 bits per heavy atom. The number of carbonyl (C=O) groups excluding carboxylic acids is 1. The van der Waals surface area contributed by atoms with Gasteiger partial charge in [0.2, 0.25) is 0 Å². The van der Waals surface area contributed by atoms with Crippen LogP contribution >= 0.6 is 12.2 Å². The SMILES string of the molecule is N#Cc1ncc(N2C(=O)C3(CCC3)N(c3ccc(OCCN4CCCCC4)c(F)c3)C2=S)cc1C(F)(F)F. The number of nitrogens with zero attached hydrogens (tertiary/aromatic N) is 5. The summed E-state index contributed by atoms with van der Waals surface area (Å²) in [7, 11) is 0. The Morgan fingerprint density at radius 2 is 1.84 bits per heavy atom. The largest absolute Gasteiger partial charge is 0.489 e. The van der Waals surface area contributed by atoms with E-state index < -0.39 is 34.7 Å². The minimum atomic E-state index is -4.85. The first kappa shape index (κ1) is 26.3. The average molecular weight is 548 g/mol. The zero-order chi connectivity index (χ0) is 27.1. The van der Waals surface area contributed by atoms with E-state index in [0.29, 0.717) is 44.2 Å². The van der Waals surface area contributed by atoms with Crippen LogP contribution in [0, 0.1) is 17.1 Å². The van der Waals surface area contributed by atoms with E-state index in [4.69, 9.17) is 22.2 Å². The molecule has 3 heterocycles. The maximum absolute atomic E-state index is 15.1. The van der Waals surface area contributed by atoms with Gasteiger partial charge in [-0.05, 0) is 75.6 Å². The van der Waals surface area contributed by atoms with Crippen molar-refractivity contribution in [2.24, 2.45) is 0 Å².